The first-order valence-corrected chi connectivity index (χ1v) is 3.41. The van der Waals surface area contributed by atoms with Gasteiger partial charge in [0.1, 0.15) is 0 Å². The lowest BCUT2D eigenvalue weighted by atomic mass is 10.3. The molecule has 2 heterocycles. The zero-order chi connectivity index (χ0) is 6.10. The maximum atomic E-state index is 5.28. The predicted octanol–water partition coefficient (Wildman–Crippen LogP) is -0.325. The Bertz CT molecular complexity index is 87.2. The Kier molecular flexibility index (Phi) is 1.41. The van der Waals surface area contributed by atoms with Gasteiger partial charge in [-0.3, -0.25) is 4.90 Å². The lowest BCUT2D eigenvalue weighted by Crippen LogP contribution is -2.49. The summed E-state index contributed by atoms with van der Waals surface area (Å²) in [6.45, 7) is 4.81. The van der Waals surface area contributed by atoms with Crippen LogP contribution in [0.1, 0.15) is 0 Å². The van der Waals surface area contributed by atoms with Crippen LogP contribution >= 0.6 is 0 Å². The smallest absolute Gasteiger partial charge is 0.170 e. The maximum absolute atomic E-state index is 5.28. The highest BCUT2D eigenvalue weighted by molar-refractivity contribution is 4.69. The fourth-order valence-corrected chi connectivity index (χ4v) is 1.29. The third-order valence-electron chi connectivity index (χ3n) is 1.83. The van der Waals surface area contributed by atoms with Crippen LogP contribution in [0.15, 0.2) is 0 Å². The monoisotopic (exact) mass is 129 g/mol. The van der Waals surface area contributed by atoms with E-state index in [4.69, 9.17) is 9.47 Å². The van der Waals surface area contributed by atoms with Gasteiger partial charge < -0.3 is 9.47 Å². The molecule has 9 heavy (non-hydrogen) atoms. The summed E-state index contributed by atoms with van der Waals surface area (Å²) in [4.78, 5) is 2.37. The fraction of sp³-hybridized carbons (Fsp3) is 1.00. The summed E-state index contributed by atoms with van der Waals surface area (Å²) < 4.78 is 10.6. The first-order chi connectivity index (χ1) is 4.45. The van der Waals surface area contributed by atoms with Gasteiger partial charge in [-0.2, -0.15) is 0 Å². The third kappa shape index (κ3) is 1.08. The molecule has 2 saturated heterocycles. The molecule has 3 heteroatoms. The molecule has 0 aromatic heterocycles. The number of ether oxygens (including phenoxy) is 2. The van der Waals surface area contributed by atoms with Crippen LogP contribution in [0.3, 0.4) is 0 Å². The Labute approximate surface area is 54.5 Å². The van der Waals surface area contributed by atoms with E-state index in [9.17, 15) is 0 Å². The molecule has 0 saturated carbocycles. The lowest BCUT2D eigenvalue weighted by Gasteiger charge is -2.36. The quantitative estimate of drug-likeness (QED) is 0.447. The van der Waals surface area contributed by atoms with Crippen LogP contribution < -0.4 is 0 Å². The van der Waals surface area contributed by atoms with Crippen molar-refractivity contribution in [1.82, 2.24) is 4.90 Å². The lowest BCUT2D eigenvalue weighted by molar-refractivity contribution is -0.209. The largest absolute Gasteiger partial charge is 0.350 e. The average Bonchev–Trinajstić information content (AvgIpc) is 1.88. The average molecular weight is 129 g/mol. The zero-order valence-electron chi connectivity index (χ0n) is 5.38. The van der Waals surface area contributed by atoms with Crippen molar-refractivity contribution in [3.8, 4) is 0 Å². The van der Waals surface area contributed by atoms with E-state index in [-0.39, 0.29) is 6.29 Å². The Morgan fingerprint density at radius 2 is 1.78 bits per heavy atom. The molecule has 0 aromatic carbocycles. The Hall–Kier alpha value is -0.120. The SMILES string of the molecule is C1CN2CCOC(C2)O1. The summed E-state index contributed by atoms with van der Waals surface area (Å²) in [5, 5.41) is 0. The molecular weight excluding hydrogens is 118 g/mol. The second kappa shape index (κ2) is 2.25. The van der Waals surface area contributed by atoms with Crippen LogP contribution in [0.4, 0.5) is 0 Å². The Balaban J connectivity index is 1.96. The molecule has 0 spiro atoms. The molecule has 52 valence electrons. The second-order valence-electron chi connectivity index (χ2n) is 2.47. The van der Waals surface area contributed by atoms with E-state index >= 15 is 0 Å². The number of nitrogens with zero attached hydrogens (tertiary/aromatic N) is 1. The summed E-state index contributed by atoms with van der Waals surface area (Å²) in [7, 11) is 0. The zero-order valence-corrected chi connectivity index (χ0v) is 5.38. The molecule has 2 aliphatic heterocycles. The van der Waals surface area contributed by atoms with Crippen molar-refractivity contribution in [2.24, 2.45) is 0 Å². The molecule has 0 N–H and O–H groups in total. The molecule has 0 atom stereocenters. The Morgan fingerprint density at radius 3 is 2.22 bits per heavy atom. The van der Waals surface area contributed by atoms with Crippen LogP contribution in [-0.2, 0) is 9.47 Å². The summed E-state index contributed by atoms with van der Waals surface area (Å²) in [6, 6.07) is 0. The standard InChI is InChI=1S/C6H11NO2/c1-3-8-6-5-7(1)2-4-9-6/h6H,1-5H2. The highest BCUT2D eigenvalue weighted by Gasteiger charge is 2.24. The molecular formula is C6H11NO2. The van der Waals surface area contributed by atoms with Crippen LogP contribution in [0.5, 0.6) is 0 Å². The molecule has 2 bridgehead atoms. The van der Waals surface area contributed by atoms with E-state index < -0.39 is 0 Å². The summed E-state index contributed by atoms with van der Waals surface area (Å²) in [5.41, 5.74) is 0. The Morgan fingerprint density at radius 1 is 1.11 bits per heavy atom. The van der Waals surface area contributed by atoms with Crippen molar-refractivity contribution in [2.75, 3.05) is 32.8 Å². The molecule has 2 aliphatic rings. The molecule has 3 nitrogen and oxygen atoms in total. The van der Waals surface area contributed by atoms with Gasteiger partial charge in [0.05, 0.1) is 13.2 Å². The normalized spacial score (nSPS) is 42.7. The second-order valence-corrected chi connectivity index (χ2v) is 2.47. The van der Waals surface area contributed by atoms with Gasteiger partial charge in [0.2, 0.25) is 0 Å². The van der Waals surface area contributed by atoms with Gasteiger partial charge in [0, 0.05) is 19.6 Å². The first-order valence-electron chi connectivity index (χ1n) is 3.41. The first kappa shape index (κ1) is 5.65. The fourth-order valence-electron chi connectivity index (χ4n) is 1.29. The highest BCUT2D eigenvalue weighted by Crippen LogP contribution is 2.10. The highest BCUT2D eigenvalue weighted by atomic mass is 16.7. The van der Waals surface area contributed by atoms with Crippen molar-refractivity contribution in [2.45, 2.75) is 6.29 Å². The summed E-state index contributed by atoms with van der Waals surface area (Å²) in [5.74, 6) is 0. The minimum absolute atomic E-state index is 0.0764. The number of hydrogen-bond donors (Lipinski definition) is 0. The van der Waals surface area contributed by atoms with Gasteiger partial charge in [0.15, 0.2) is 6.29 Å². The minimum Gasteiger partial charge on any atom is -0.350 e. The minimum atomic E-state index is 0.0764. The number of fused-ring (bicyclic) bond motifs is 2. The van der Waals surface area contributed by atoms with Gasteiger partial charge in [-0.15, -0.1) is 0 Å². The van der Waals surface area contributed by atoms with Crippen LogP contribution in [0.25, 0.3) is 0 Å². The van der Waals surface area contributed by atoms with Crippen LogP contribution in [0.2, 0.25) is 0 Å². The van der Waals surface area contributed by atoms with Crippen molar-refractivity contribution in [3.63, 3.8) is 0 Å². The molecule has 0 radical (unpaired) electrons. The van der Waals surface area contributed by atoms with Gasteiger partial charge >= 0.3 is 0 Å². The van der Waals surface area contributed by atoms with Crippen molar-refractivity contribution in [3.05, 3.63) is 0 Å². The van der Waals surface area contributed by atoms with E-state index in [0.717, 1.165) is 32.8 Å². The number of hydrogen-bond acceptors (Lipinski definition) is 3. The molecule has 0 aliphatic carbocycles. The molecule has 0 unspecified atom stereocenters. The van der Waals surface area contributed by atoms with E-state index in [1.54, 1.807) is 0 Å². The van der Waals surface area contributed by atoms with Gasteiger partial charge in [-0.1, -0.05) is 0 Å². The van der Waals surface area contributed by atoms with Gasteiger partial charge in [-0.05, 0) is 0 Å². The molecule has 2 rings (SSSR count). The van der Waals surface area contributed by atoms with Gasteiger partial charge in [-0.25, -0.2) is 0 Å². The van der Waals surface area contributed by atoms with Crippen LogP contribution in [-0.4, -0.2) is 44.0 Å². The molecule has 2 fully saturated rings. The molecule has 0 amide bonds. The van der Waals surface area contributed by atoms with Crippen molar-refractivity contribution in [1.29, 1.82) is 0 Å². The molecule has 0 aromatic rings. The van der Waals surface area contributed by atoms with Gasteiger partial charge in [0.25, 0.3) is 0 Å². The van der Waals surface area contributed by atoms with E-state index in [1.165, 1.54) is 0 Å². The number of rotatable bonds is 0. The van der Waals surface area contributed by atoms with Crippen LogP contribution in [0, 0.1) is 0 Å². The van der Waals surface area contributed by atoms with E-state index in [1.807, 2.05) is 0 Å². The predicted molar refractivity (Wildman–Crippen MR) is 32.1 cm³/mol. The summed E-state index contributed by atoms with van der Waals surface area (Å²) >= 11 is 0. The maximum Gasteiger partial charge on any atom is 0.170 e. The van der Waals surface area contributed by atoms with Crippen molar-refractivity contribution < 1.29 is 9.47 Å². The van der Waals surface area contributed by atoms with Crippen molar-refractivity contribution >= 4 is 0 Å². The number of morpholine rings is 2. The third-order valence-corrected chi connectivity index (χ3v) is 1.83. The summed E-state index contributed by atoms with van der Waals surface area (Å²) in [6.07, 6.45) is 0.0764. The van der Waals surface area contributed by atoms with E-state index in [2.05, 4.69) is 4.90 Å². The topological polar surface area (TPSA) is 21.7 Å². The van der Waals surface area contributed by atoms with E-state index in [0.29, 0.717) is 0 Å².